The van der Waals surface area contributed by atoms with Gasteiger partial charge in [0.15, 0.2) is 6.61 Å². The van der Waals surface area contributed by atoms with Gasteiger partial charge in [-0.25, -0.2) is 9.37 Å². The second kappa shape index (κ2) is 11.4. The highest BCUT2D eigenvalue weighted by Gasteiger charge is 2.36. The Hall–Kier alpha value is -2.34. The molecule has 0 radical (unpaired) electrons. The van der Waals surface area contributed by atoms with Gasteiger partial charge in [0.1, 0.15) is 15.7 Å². The molecule has 0 saturated heterocycles. The number of fused-ring (bicyclic) bond motifs is 1. The maximum Gasteiger partial charge on any atom is 0.422 e. The quantitative estimate of drug-likeness (QED) is 0.521. The van der Waals surface area contributed by atoms with Gasteiger partial charge in [0.25, 0.3) is 0 Å². The number of halogens is 4. The Labute approximate surface area is 211 Å². The fraction of sp³-hybridized carbons (Fsp3) is 0.667. The number of nitrogens with zero attached hydrogens (tertiary/aromatic N) is 4. The van der Waals surface area contributed by atoms with Crippen LogP contribution >= 0.6 is 11.3 Å². The molecule has 1 fully saturated rings. The molecule has 2 aromatic heterocycles. The molecule has 36 heavy (non-hydrogen) atoms. The number of carbonyl (C=O) groups is 1. The van der Waals surface area contributed by atoms with E-state index >= 15 is 4.39 Å². The largest absolute Gasteiger partial charge is 0.468 e. The predicted octanol–water partition coefficient (Wildman–Crippen LogP) is 3.98. The van der Waals surface area contributed by atoms with Crippen molar-refractivity contribution in [1.82, 2.24) is 25.4 Å². The van der Waals surface area contributed by atoms with Crippen LogP contribution in [0.25, 0.3) is 0 Å². The topological polar surface area (TPSA) is 80.2 Å². The highest BCUT2D eigenvalue weighted by atomic mass is 32.1. The van der Waals surface area contributed by atoms with E-state index in [4.69, 9.17) is 4.74 Å². The Morgan fingerprint density at radius 3 is 2.67 bits per heavy atom. The molecule has 2 aromatic rings. The van der Waals surface area contributed by atoms with E-state index in [1.165, 1.54) is 17.4 Å². The minimum absolute atomic E-state index is 0.0236. The average molecular weight is 530 g/mol. The van der Waals surface area contributed by atoms with E-state index in [1.54, 1.807) is 6.07 Å². The lowest BCUT2D eigenvalue weighted by atomic mass is 9.81. The Kier molecular flexibility index (Phi) is 8.44. The second-order valence-electron chi connectivity index (χ2n) is 9.64. The SMILES string of the molecule is Cc1nnc(CC(=O)NC2CCC(F)(CCN3CCc4ccc(OCC(F)(F)F)nc4CC3)CC2)s1. The Balaban J connectivity index is 1.19. The number of aromatic nitrogens is 3. The molecule has 4 rings (SSSR count). The zero-order chi connectivity index (χ0) is 25.8. The molecule has 198 valence electrons. The standard InChI is InChI=1S/C24H31F4N5O2S/c1-16-31-32-22(36-16)14-20(34)29-18-4-8-23(25,9-5-18)10-13-33-11-6-17-2-3-21(30-19(17)7-12-33)35-15-24(26,27)28/h2-3,18H,4-15H2,1H3,(H,29,34). The van der Waals surface area contributed by atoms with Crippen molar-refractivity contribution >= 4 is 17.2 Å². The summed E-state index contributed by atoms with van der Waals surface area (Å²) in [5.74, 6) is -0.128. The number of rotatable bonds is 8. The zero-order valence-corrected chi connectivity index (χ0v) is 21.1. The number of amides is 1. The van der Waals surface area contributed by atoms with Gasteiger partial charge in [-0.1, -0.05) is 6.07 Å². The summed E-state index contributed by atoms with van der Waals surface area (Å²) in [5.41, 5.74) is 0.479. The molecule has 7 nitrogen and oxygen atoms in total. The molecule has 2 aliphatic rings. The molecule has 0 atom stereocenters. The number of pyridine rings is 1. The fourth-order valence-electron chi connectivity index (χ4n) is 4.78. The molecule has 1 N–H and O–H groups in total. The van der Waals surface area contributed by atoms with Gasteiger partial charge in [-0.3, -0.25) is 4.79 Å². The minimum atomic E-state index is -4.41. The third-order valence-corrected chi connectivity index (χ3v) is 7.63. The van der Waals surface area contributed by atoms with Gasteiger partial charge in [0.05, 0.1) is 6.42 Å². The van der Waals surface area contributed by atoms with Crippen LogP contribution in [0.2, 0.25) is 0 Å². The molecule has 1 aliphatic heterocycles. The first-order valence-electron chi connectivity index (χ1n) is 12.2. The summed E-state index contributed by atoms with van der Waals surface area (Å²) in [4.78, 5) is 18.7. The smallest absolute Gasteiger partial charge is 0.422 e. The van der Waals surface area contributed by atoms with Crippen molar-refractivity contribution in [3.05, 3.63) is 33.4 Å². The molecule has 1 aliphatic carbocycles. The van der Waals surface area contributed by atoms with Gasteiger partial charge < -0.3 is 15.0 Å². The van der Waals surface area contributed by atoms with Crippen molar-refractivity contribution in [2.24, 2.45) is 0 Å². The van der Waals surface area contributed by atoms with E-state index < -0.39 is 18.5 Å². The van der Waals surface area contributed by atoms with E-state index in [-0.39, 0.29) is 24.2 Å². The first-order valence-corrected chi connectivity index (χ1v) is 13.1. The number of alkyl halides is 4. The molecule has 1 saturated carbocycles. The van der Waals surface area contributed by atoms with E-state index in [2.05, 4.69) is 25.4 Å². The summed E-state index contributed by atoms with van der Waals surface area (Å²) < 4.78 is 57.5. The molecular formula is C24H31F4N5O2S. The molecule has 0 bridgehead atoms. The molecule has 0 aromatic carbocycles. The average Bonchev–Trinajstić information content (AvgIpc) is 3.11. The number of hydrogen-bond acceptors (Lipinski definition) is 7. The third kappa shape index (κ3) is 7.83. The lowest BCUT2D eigenvalue weighted by Gasteiger charge is -2.35. The number of ether oxygens (including phenoxy) is 1. The summed E-state index contributed by atoms with van der Waals surface area (Å²) in [6.45, 7) is 2.50. The molecule has 1 amide bonds. The molecular weight excluding hydrogens is 498 g/mol. The van der Waals surface area contributed by atoms with Crippen molar-refractivity contribution in [2.45, 2.75) is 76.2 Å². The van der Waals surface area contributed by atoms with Gasteiger partial charge >= 0.3 is 6.18 Å². The van der Waals surface area contributed by atoms with Crippen molar-refractivity contribution in [3.63, 3.8) is 0 Å². The van der Waals surface area contributed by atoms with Crippen LogP contribution in [0.15, 0.2) is 12.1 Å². The Bertz CT molecular complexity index is 1040. The monoisotopic (exact) mass is 529 g/mol. The van der Waals surface area contributed by atoms with Crippen LogP contribution in [0.1, 0.15) is 53.4 Å². The number of aryl methyl sites for hydroxylation is 1. The predicted molar refractivity (Wildman–Crippen MR) is 127 cm³/mol. The third-order valence-electron chi connectivity index (χ3n) is 6.79. The van der Waals surface area contributed by atoms with Crippen molar-refractivity contribution in [1.29, 1.82) is 0 Å². The van der Waals surface area contributed by atoms with Crippen LogP contribution in [-0.4, -0.2) is 70.1 Å². The van der Waals surface area contributed by atoms with E-state index in [0.717, 1.165) is 22.8 Å². The molecule has 12 heteroatoms. The van der Waals surface area contributed by atoms with Crippen LogP contribution in [0, 0.1) is 6.92 Å². The van der Waals surface area contributed by atoms with Crippen LogP contribution < -0.4 is 10.1 Å². The fourth-order valence-corrected chi connectivity index (χ4v) is 5.49. The van der Waals surface area contributed by atoms with E-state index in [0.29, 0.717) is 63.0 Å². The maximum absolute atomic E-state index is 15.5. The first kappa shape index (κ1) is 26.7. The number of hydrogen-bond donors (Lipinski definition) is 1. The summed E-state index contributed by atoms with van der Waals surface area (Å²) >= 11 is 1.40. The lowest BCUT2D eigenvalue weighted by molar-refractivity contribution is -0.154. The summed E-state index contributed by atoms with van der Waals surface area (Å²) in [6, 6.07) is 3.22. The van der Waals surface area contributed by atoms with E-state index in [1.807, 2.05) is 6.92 Å². The van der Waals surface area contributed by atoms with Gasteiger partial charge in [-0.15, -0.1) is 21.5 Å². The second-order valence-corrected chi connectivity index (χ2v) is 10.9. The molecule has 0 unspecified atom stereocenters. The maximum atomic E-state index is 15.5. The Morgan fingerprint density at radius 1 is 1.22 bits per heavy atom. The van der Waals surface area contributed by atoms with Gasteiger partial charge in [0.2, 0.25) is 11.8 Å². The van der Waals surface area contributed by atoms with Crippen LogP contribution in [0.4, 0.5) is 17.6 Å². The van der Waals surface area contributed by atoms with Gasteiger partial charge in [-0.05, 0) is 51.0 Å². The van der Waals surface area contributed by atoms with Gasteiger partial charge in [0, 0.05) is 43.9 Å². The minimum Gasteiger partial charge on any atom is -0.468 e. The van der Waals surface area contributed by atoms with Crippen LogP contribution in [0.5, 0.6) is 5.88 Å². The summed E-state index contributed by atoms with van der Waals surface area (Å²) in [6.07, 6.45) is -0.468. The van der Waals surface area contributed by atoms with Crippen LogP contribution in [0.3, 0.4) is 0 Å². The van der Waals surface area contributed by atoms with Crippen LogP contribution in [-0.2, 0) is 24.1 Å². The molecule has 3 heterocycles. The van der Waals surface area contributed by atoms with Crippen molar-refractivity contribution < 1.29 is 27.1 Å². The number of carbonyl (C=O) groups excluding carboxylic acids is 1. The summed E-state index contributed by atoms with van der Waals surface area (Å²) in [5, 5.41) is 12.4. The van der Waals surface area contributed by atoms with Crippen molar-refractivity contribution in [3.8, 4) is 5.88 Å². The zero-order valence-electron chi connectivity index (χ0n) is 20.2. The number of nitrogens with one attached hydrogen (secondary N) is 1. The first-order chi connectivity index (χ1) is 17.1. The molecule has 0 spiro atoms. The normalized spacial score (nSPS) is 23.1. The Morgan fingerprint density at radius 2 is 1.97 bits per heavy atom. The van der Waals surface area contributed by atoms with E-state index in [9.17, 15) is 18.0 Å². The summed E-state index contributed by atoms with van der Waals surface area (Å²) in [7, 11) is 0. The lowest BCUT2D eigenvalue weighted by Crippen LogP contribution is -2.43. The highest BCUT2D eigenvalue weighted by molar-refractivity contribution is 7.11. The van der Waals surface area contributed by atoms with Gasteiger partial charge in [-0.2, -0.15) is 13.2 Å². The highest BCUT2D eigenvalue weighted by Crippen LogP contribution is 2.35. The van der Waals surface area contributed by atoms with Crippen molar-refractivity contribution in [2.75, 3.05) is 26.2 Å².